The highest BCUT2D eigenvalue weighted by Gasteiger charge is 2.22. The van der Waals surface area contributed by atoms with Gasteiger partial charge in [0.25, 0.3) is 11.8 Å². The van der Waals surface area contributed by atoms with Crippen molar-refractivity contribution >= 4 is 17.3 Å². The van der Waals surface area contributed by atoms with E-state index in [0.717, 1.165) is 25.7 Å². The number of aromatic nitrogens is 2. The van der Waals surface area contributed by atoms with E-state index in [1.54, 1.807) is 10.6 Å². The van der Waals surface area contributed by atoms with Crippen molar-refractivity contribution in [1.82, 2.24) is 20.0 Å². The molecule has 6 nitrogen and oxygen atoms in total. The lowest BCUT2D eigenvalue weighted by Gasteiger charge is -2.12. The topological polar surface area (TPSA) is 75.5 Å². The van der Waals surface area contributed by atoms with Crippen LogP contribution >= 0.6 is 0 Å². The summed E-state index contributed by atoms with van der Waals surface area (Å²) < 4.78 is 1.68. The van der Waals surface area contributed by atoms with Crippen LogP contribution in [0.2, 0.25) is 0 Å². The van der Waals surface area contributed by atoms with Gasteiger partial charge >= 0.3 is 0 Å². The molecule has 0 saturated carbocycles. The molecule has 144 valence electrons. The third-order valence-electron chi connectivity index (χ3n) is 5.07. The third kappa shape index (κ3) is 4.56. The molecule has 1 atom stereocenters. The summed E-state index contributed by atoms with van der Waals surface area (Å²) in [5.74, 6) is -0.263. The molecule has 3 rings (SSSR count). The van der Waals surface area contributed by atoms with Crippen molar-refractivity contribution in [1.29, 1.82) is 0 Å². The van der Waals surface area contributed by atoms with Gasteiger partial charge in [0.15, 0.2) is 5.69 Å². The van der Waals surface area contributed by atoms with Crippen LogP contribution in [-0.2, 0) is 0 Å². The van der Waals surface area contributed by atoms with E-state index in [0.29, 0.717) is 17.8 Å². The van der Waals surface area contributed by atoms with Crippen molar-refractivity contribution in [3.63, 3.8) is 0 Å². The average molecular weight is 368 g/mol. The highest BCUT2D eigenvalue weighted by atomic mass is 16.2. The van der Waals surface area contributed by atoms with E-state index >= 15 is 0 Å². The molecule has 1 aliphatic carbocycles. The summed E-state index contributed by atoms with van der Waals surface area (Å²) in [4.78, 5) is 29.6. The van der Waals surface area contributed by atoms with Crippen LogP contribution < -0.4 is 10.6 Å². The standard InChI is InChI=1S/C21H28N4O2/c1-3-15(2)23-21(27)19-24-18(17-11-7-8-14-25(17)19)20(26)22-13-12-16-9-5-4-6-10-16/h7-9,11,14-15H,3-6,10,12-13H2,1-2H3,(H,22,26)(H,23,27). The van der Waals surface area contributed by atoms with Crippen LogP contribution in [0.15, 0.2) is 36.0 Å². The summed E-state index contributed by atoms with van der Waals surface area (Å²) in [7, 11) is 0. The predicted molar refractivity (Wildman–Crippen MR) is 106 cm³/mol. The summed E-state index contributed by atoms with van der Waals surface area (Å²) >= 11 is 0. The first-order valence-corrected chi connectivity index (χ1v) is 9.84. The third-order valence-corrected chi connectivity index (χ3v) is 5.07. The van der Waals surface area contributed by atoms with Crippen molar-refractivity contribution < 1.29 is 9.59 Å². The molecule has 27 heavy (non-hydrogen) atoms. The lowest BCUT2D eigenvalue weighted by Crippen LogP contribution is -2.33. The molecule has 2 amide bonds. The number of nitrogens with zero attached hydrogens (tertiary/aromatic N) is 2. The van der Waals surface area contributed by atoms with Gasteiger partial charge in [-0.1, -0.05) is 24.6 Å². The van der Waals surface area contributed by atoms with Crippen LogP contribution in [0.5, 0.6) is 0 Å². The molecule has 0 saturated heterocycles. The lowest BCUT2D eigenvalue weighted by molar-refractivity contribution is 0.0928. The van der Waals surface area contributed by atoms with Gasteiger partial charge in [0.2, 0.25) is 5.82 Å². The van der Waals surface area contributed by atoms with Crippen LogP contribution in [0, 0.1) is 0 Å². The quantitative estimate of drug-likeness (QED) is 0.735. The monoisotopic (exact) mass is 368 g/mol. The fourth-order valence-electron chi connectivity index (χ4n) is 3.31. The Morgan fingerprint density at radius 3 is 2.85 bits per heavy atom. The number of amides is 2. The number of allylic oxidation sites excluding steroid dienone is 1. The Morgan fingerprint density at radius 2 is 2.11 bits per heavy atom. The van der Waals surface area contributed by atoms with Crippen molar-refractivity contribution in [3.05, 3.63) is 47.6 Å². The van der Waals surface area contributed by atoms with Gasteiger partial charge in [-0.15, -0.1) is 0 Å². The number of fused-ring (bicyclic) bond motifs is 1. The second kappa shape index (κ2) is 8.84. The van der Waals surface area contributed by atoms with Crippen LogP contribution in [0.3, 0.4) is 0 Å². The summed E-state index contributed by atoms with van der Waals surface area (Å²) in [6, 6.07) is 5.53. The zero-order valence-electron chi connectivity index (χ0n) is 16.1. The SMILES string of the molecule is CCC(C)NC(=O)c1nc(C(=O)NCCC2=CCCCC2)c2ccccn12. The number of hydrogen-bond donors (Lipinski definition) is 2. The predicted octanol–water partition coefficient (Wildman–Crippen LogP) is 3.48. The summed E-state index contributed by atoms with van der Waals surface area (Å²) in [5, 5.41) is 5.87. The highest BCUT2D eigenvalue weighted by molar-refractivity contribution is 6.02. The van der Waals surface area contributed by atoms with Crippen molar-refractivity contribution in [2.24, 2.45) is 0 Å². The average Bonchev–Trinajstić information content (AvgIpc) is 3.08. The van der Waals surface area contributed by atoms with E-state index < -0.39 is 0 Å². The van der Waals surface area contributed by atoms with Crippen LogP contribution in [-0.4, -0.2) is 33.8 Å². The van der Waals surface area contributed by atoms with Gasteiger partial charge in [-0.2, -0.15) is 0 Å². The van der Waals surface area contributed by atoms with E-state index in [4.69, 9.17) is 0 Å². The molecule has 0 radical (unpaired) electrons. The molecule has 1 aliphatic rings. The second-order valence-corrected chi connectivity index (χ2v) is 7.14. The van der Waals surface area contributed by atoms with Crippen LogP contribution in [0.4, 0.5) is 0 Å². The van der Waals surface area contributed by atoms with Gasteiger partial charge in [0.1, 0.15) is 0 Å². The summed E-state index contributed by atoms with van der Waals surface area (Å²) in [6.45, 7) is 4.54. The lowest BCUT2D eigenvalue weighted by atomic mass is 9.97. The summed E-state index contributed by atoms with van der Waals surface area (Å²) in [5.41, 5.74) is 2.36. The Kier molecular flexibility index (Phi) is 6.27. The number of imidazole rings is 1. The zero-order valence-corrected chi connectivity index (χ0v) is 16.1. The fraction of sp³-hybridized carbons (Fsp3) is 0.476. The van der Waals surface area contributed by atoms with E-state index in [-0.39, 0.29) is 23.7 Å². The molecule has 0 fully saturated rings. The van der Waals surface area contributed by atoms with Gasteiger partial charge in [-0.3, -0.25) is 14.0 Å². The first-order chi connectivity index (χ1) is 13.1. The first-order valence-electron chi connectivity index (χ1n) is 9.84. The highest BCUT2D eigenvalue weighted by Crippen LogP contribution is 2.19. The molecule has 2 heterocycles. The smallest absolute Gasteiger partial charge is 0.287 e. The maximum absolute atomic E-state index is 12.7. The molecular formula is C21H28N4O2. The molecule has 2 aromatic heterocycles. The largest absolute Gasteiger partial charge is 0.350 e. The molecular weight excluding hydrogens is 340 g/mol. The van der Waals surface area contributed by atoms with Crippen LogP contribution in [0.1, 0.15) is 73.5 Å². The minimum atomic E-state index is -0.267. The van der Waals surface area contributed by atoms with E-state index in [1.165, 1.54) is 18.4 Å². The van der Waals surface area contributed by atoms with E-state index in [2.05, 4.69) is 21.7 Å². The molecule has 6 heteroatoms. The Balaban J connectivity index is 1.74. The number of carbonyl (C=O) groups excluding carboxylic acids is 2. The Hall–Kier alpha value is -2.63. The van der Waals surface area contributed by atoms with Crippen LogP contribution in [0.25, 0.3) is 5.52 Å². The number of nitrogens with one attached hydrogen (secondary N) is 2. The maximum atomic E-state index is 12.7. The number of carbonyl (C=O) groups is 2. The van der Waals surface area contributed by atoms with Gasteiger partial charge < -0.3 is 10.6 Å². The fourth-order valence-corrected chi connectivity index (χ4v) is 3.31. The number of pyridine rings is 1. The Bertz CT molecular complexity index is 853. The number of rotatable bonds is 7. The van der Waals surface area contributed by atoms with Gasteiger partial charge in [0.05, 0.1) is 5.52 Å². The molecule has 2 aromatic rings. The van der Waals surface area contributed by atoms with Gasteiger partial charge in [0, 0.05) is 18.8 Å². The zero-order chi connectivity index (χ0) is 19.2. The second-order valence-electron chi connectivity index (χ2n) is 7.14. The first kappa shape index (κ1) is 19.1. The molecule has 1 unspecified atom stereocenters. The number of hydrogen-bond acceptors (Lipinski definition) is 3. The van der Waals surface area contributed by atoms with Gasteiger partial charge in [-0.25, -0.2) is 4.98 Å². The molecule has 0 aromatic carbocycles. The summed E-state index contributed by atoms with van der Waals surface area (Å²) in [6.07, 6.45) is 10.5. The normalized spacial score (nSPS) is 15.3. The minimum absolute atomic E-state index is 0.0506. The van der Waals surface area contributed by atoms with Crippen molar-refractivity contribution in [3.8, 4) is 0 Å². The molecule has 0 aliphatic heterocycles. The molecule has 2 N–H and O–H groups in total. The van der Waals surface area contributed by atoms with E-state index in [9.17, 15) is 9.59 Å². The minimum Gasteiger partial charge on any atom is -0.350 e. The molecule has 0 spiro atoms. The van der Waals surface area contributed by atoms with Gasteiger partial charge in [-0.05, 0) is 57.6 Å². The molecule has 0 bridgehead atoms. The van der Waals surface area contributed by atoms with Crippen molar-refractivity contribution in [2.45, 2.75) is 58.4 Å². The van der Waals surface area contributed by atoms with Crippen molar-refractivity contribution in [2.75, 3.05) is 6.54 Å². The Morgan fingerprint density at radius 1 is 1.26 bits per heavy atom. The maximum Gasteiger partial charge on any atom is 0.287 e. The Labute approximate surface area is 160 Å². The van der Waals surface area contributed by atoms with E-state index in [1.807, 2.05) is 32.0 Å².